The maximum atomic E-state index is 12.6. The topological polar surface area (TPSA) is 53.4 Å². The standard InChI is InChI=1S/C16H28F3NO2.C8H11N/c1-3-4-13-7-9-20(10-8-13)15(22)12(2)5-6-14(11-21)16(17,18)19;1-6-4-7(2)8(3)9-5-6/h12-14,21H,3-11H2,1-2H3;4-5H,1-3H3. The van der Waals surface area contributed by atoms with Gasteiger partial charge in [-0.1, -0.05) is 32.8 Å². The van der Waals surface area contributed by atoms with Crippen molar-refractivity contribution in [3.05, 3.63) is 29.1 Å². The van der Waals surface area contributed by atoms with Crippen molar-refractivity contribution in [3.63, 3.8) is 0 Å². The molecule has 0 bridgehead atoms. The predicted molar refractivity (Wildman–Crippen MR) is 118 cm³/mol. The molecule has 1 fully saturated rings. The van der Waals surface area contributed by atoms with E-state index in [0.29, 0.717) is 5.92 Å². The number of piperidine rings is 1. The number of halogens is 3. The van der Waals surface area contributed by atoms with Gasteiger partial charge in [-0.25, -0.2) is 0 Å². The molecule has 2 atom stereocenters. The van der Waals surface area contributed by atoms with Gasteiger partial charge >= 0.3 is 6.18 Å². The summed E-state index contributed by atoms with van der Waals surface area (Å²) in [4.78, 5) is 18.3. The molecule has 7 heteroatoms. The Morgan fingerprint density at radius 2 is 1.84 bits per heavy atom. The monoisotopic (exact) mass is 444 g/mol. The molecule has 4 nitrogen and oxygen atoms in total. The van der Waals surface area contributed by atoms with Gasteiger partial charge in [0.05, 0.1) is 12.5 Å². The summed E-state index contributed by atoms with van der Waals surface area (Å²) in [6.45, 7) is 10.5. The number of pyridine rings is 1. The zero-order chi connectivity index (χ0) is 23.6. The van der Waals surface area contributed by atoms with Crippen LogP contribution >= 0.6 is 0 Å². The van der Waals surface area contributed by atoms with Crippen LogP contribution in [-0.4, -0.2) is 46.8 Å². The van der Waals surface area contributed by atoms with Gasteiger partial charge in [-0.15, -0.1) is 0 Å². The lowest BCUT2D eigenvalue weighted by Gasteiger charge is -2.33. The van der Waals surface area contributed by atoms with Crippen LogP contribution in [0.1, 0.15) is 69.2 Å². The van der Waals surface area contributed by atoms with E-state index in [0.717, 1.165) is 38.0 Å². The number of amides is 1. The van der Waals surface area contributed by atoms with Crippen molar-refractivity contribution in [2.45, 2.75) is 79.3 Å². The molecule has 178 valence electrons. The number of alkyl halides is 3. The van der Waals surface area contributed by atoms with Gasteiger partial charge < -0.3 is 10.0 Å². The van der Waals surface area contributed by atoms with Crippen molar-refractivity contribution >= 4 is 5.91 Å². The van der Waals surface area contributed by atoms with Gasteiger partial charge in [0.1, 0.15) is 0 Å². The van der Waals surface area contributed by atoms with Crippen LogP contribution in [0, 0.1) is 38.5 Å². The van der Waals surface area contributed by atoms with Gasteiger partial charge in [0.15, 0.2) is 0 Å². The summed E-state index contributed by atoms with van der Waals surface area (Å²) >= 11 is 0. The van der Waals surface area contributed by atoms with E-state index in [1.165, 1.54) is 17.5 Å². The summed E-state index contributed by atoms with van der Waals surface area (Å²) in [6.07, 6.45) is 1.79. The molecule has 1 aliphatic rings. The number of rotatable bonds is 7. The lowest BCUT2D eigenvalue weighted by Crippen LogP contribution is -2.41. The fourth-order valence-corrected chi connectivity index (χ4v) is 3.88. The second-order valence-electron chi connectivity index (χ2n) is 8.87. The summed E-state index contributed by atoms with van der Waals surface area (Å²) in [6, 6.07) is 2.14. The van der Waals surface area contributed by atoms with E-state index in [1.807, 2.05) is 13.1 Å². The zero-order valence-corrected chi connectivity index (χ0v) is 19.6. The van der Waals surface area contributed by atoms with Crippen LogP contribution in [0.2, 0.25) is 0 Å². The Labute approximate surface area is 185 Å². The number of aliphatic hydroxyl groups is 1. The zero-order valence-electron chi connectivity index (χ0n) is 19.6. The van der Waals surface area contributed by atoms with Crippen LogP contribution in [0.3, 0.4) is 0 Å². The molecule has 0 aromatic carbocycles. The van der Waals surface area contributed by atoms with Gasteiger partial charge in [-0.05, 0) is 63.5 Å². The largest absolute Gasteiger partial charge is 0.396 e. The summed E-state index contributed by atoms with van der Waals surface area (Å²) in [5.74, 6) is -1.51. The first-order chi connectivity index (χ1) is 14.5. The average Bonchev–Trinajstić information content (AvgIpc) is 2.71. The van der Waals surface area contributed by atoms with Crippen molar-refractivity contribution in [1.82, 2.24) is 9.88 Å². The first-order valence-electron chi connectivity index (χ1n) is 11.4. The summed E-state index contributed by atoms with van der Waals surface area (Å²) < 4.78 is 37.8. The molecule has 2 rings (SSSR count). The molecule has 2 heterocycles. The molecule has 1 aliphatic heterocycles. The van der Waals surface area contributed by atoms with E-state index < -0.39 is 24.6 Å². The van der Waals surface area contributed by atoms with E-state index in [2.05, 4.69) is 31.8 Å². The Kier molecular flexibility index (Phi) is 11.5. The number of likely N-dealkylation sites (tertiary alicyclic amines) is 1. The third-order valence-corrected chi connectivity index (χ3v) is 6.15. The van der Waals surface area contributed by atoms with E-state index in [-0.39, 0.29) is 18.7 Å². The van der Waals surface area contributed by atoms with E-state index >= 15 is 0 Å². The third kappa shape index (κ3) is 9.58. The molecule has 2 unspecified atom stereocenters. The molecule has 31 heavy (non-hydrogen) atoms. The first kappa shape index (κ1) is 27.4. The molecule has 0 saturated carbocycles. The first-order valence-corrected chi connectivity index (χ1v) is 11.4. The number of aryl methyl sites for hydroxylation is 3. The lowest BCUT2D eigenvalue weighted by atomic mass is 9.91. The number of aliphatic hydroxyl groups excluding tert-OH is 1. The minimum Gasteiger partial charge on any atom is -0.396 e. The van der Waals surface area contributed by atoms with Crippen molar-refractivity contribution in [3.8, 4) is 0 Å². The predicted octanol–water partition coefficient (Wildman–Crippen LogP) is 5.62. The number of carbonyl (C=O) groups is 1. The van der Waals surface area contributed by atoms with Gasteiger partial charge in [0.2, 0.25) is 5.91 Å². The normalized spacial score (nSPS) is 17.0. The highest BCUT2D eigenvalue weighted by Crippen LogP contribution is 2.31. The van der Waals surface area contributed by atoms with Gasteiger partial charge in [0.25, 0.3) is 0 Å². The maximum Gasteiger partial charge on any atom is 0.394 e. The minimum atomic E-state index is -4.39. The average molecular weight is 445 g/mol. The fourth-order valence-electron chi connectivity index (χ4n) is 3.88. The molecule has 0 spiro atoms. The Morgan fingerprint density at radius 1 is 1.23 bits per heavy atom. The molecule has 1 amide bonds. The fraction of sp³-hybridized carbons (Fsp3) is 0.750. The smallest absolute Gasteiger partial charge is 0.394 e. The Morgan fingerprint density at radius 3 is 2.29 bits per heavy atom. The lowest BCUT2D eigenvalue weighted by molar-refractivity contribution is -0.186. The Hall–Kier alpha value is -1.63. The van der Waals surface area contributed by atoms with Crippen LogP contribution in [-0.2, 0) is 4.79 Å². The van der Waals surface area contributed by atoms with Crippen LogP contribution in [0.5, 0.6) is 0 Å². The highest BCUT2D eigenvalue weighted by atomic mass is 19.4. The highest BCUT2D eigenvalue weighted by Gasteiger charge is 2.39. The number of hydrogen-bond acceptors (Lipinski definition) is 3. The second kappa shape index (κ2) is 13.0. The summed E-state index contributed by atoms with van der Waals surface area (Å²) in [5, 5.41) is 8.83. The molecule has 1 aromatic heterocycles. The Bertz CT molecular complexity index is 671. The molecular weight excluding hydrogens is 405 g/mol. The minimum absolute atomic E-state index is 0.0474. The molecule has 0 aliphatic carbocycles. The molecule has 1 N–H and O–H groups in total. The quantitative estimate of drug-likeness (QED) is 0.594. The van der Waals surface area contributed by atoms with Crippen molar-refractivity contribution in [2.75, 3.05) is 19.7 Å². The molecule has 1 aromatic rings. The van der Waals surface area contributed by atoms with Gasteiger partial charge in [-0.3, -0.25) is 9.78 Å². The second-order valence-corrected chi connectivity index (χ2v) is 8.87. The number of carbonyl (C=O) groups excluding carboxylic acids is 1. The summed E-state index contributed by atoms with van der Waals surface area (Å²) in [5.41, 5.74) is 3.63. The SMILES string of the molecule is CCCC1CCN(C(=O)C(C)CCC(CO)C(F)(F)F)CC1.Cc1cnc(C)c(C)c1. The number of aromatic nitrogens is 1. The van der Waals surface area contributed by atoms with Crippen molar-refractivity contribution < 1.29 is 23.1 Å². The summed E-state index contributed by atoms with van der Waals surface area (Å²) in [7, 11) is 0. The maximum absolute atomic E-state index is 12.6. The highest BCUT2D eigenvalue weighted by molar-refractivity contribution is 5.78. The molecule has 0 radical (unpaired) electrons. The van der Waals surface area contributed by atoms with Gasteiger partial charge in [0, 0.05) is 30.9 Å². The number of nitrogens with zero attached hydrogens (tertiary/aromatic N) is 2. The van der Waals surface area contributed by atoms with Crippen molar-refractivity contribution in [1.29, 1.82) is 0 Å². The van der Waals surface area contributed by atoms with Crippen LogP contribution < -0.4 is 0 Å². The van der Waals surface area contributed by atoms with E-state index in [1.54, 1.807) is 11.8 Å². The molecular formula is C24H39F3N2O2. The van der Waals surface area contributed by atoms with Crippen LogP contribution in [0.4, 0.5) is 13.2 Å². The van der Waals surface area contributed by atoms with Crippen molar-refractivity contribution in [2.24, 2.45) is 17.8 Å². The number of hydrogen-bond donors (Lipinski definition) is 1. The van der Waals surface area contributed by atoms with E-state index in [4.69, 9.17) is 5.11 Å². The van der Waals surface area contributed by atoms with Crippen LogP contribution in [0.25, 0.3) is 0 Å². The van der Waals surface area contributed by atoms with E-state index in [9.17, 15) is 18.0 Å². The third-order valence-electron chi connectivity index (χ3n) is 6.15. The Balaban J connectivity index is 0.000000442. The van der Waals surface area contributed by atoms with Crippen LogP contribution in [0.15, 0.2) is 12.3 Å². The molecule has 1 saturated heterocycles. The van der Waals surface area contributed by atoms with Gasteiger partial charge in [-0.2, -0.15) is 13.2 Å².